The maximum Gasteiger partial charge on any atom is 0.426 e. The van der Waals surface area contributed by atoms with Gasteiger partial charge in [-0.25, -0.2) is 20.2 Å². The third-order valence-corrected chi connectivity index (χ3v) is 3.92. The van der Waals surface area contributed by atoms with Crippen molar-refractivity contribution in [1.82, 2.24) is 20.0 Å². The monoisotopic (exact) mass is 367 g/mol. The molecule has 2 aromatic heterocycles. The number of nitrogens with one attached hydrogen (secondary N) is 2. The Balaban J connectivity index is 1.62. The van der Waals surface area contributed by atoms with E-state index in [4.69, 9.17) is 4.74 Å². The number of hydrazine groups is 1. The van der Waals surface area contributed by atoms with Crippen LogP contribution in [0.5, 0.6) is 0 Å². The van der Waals surface area contributed by atoms with Crippen molar-refractivity contribution in [2.45, 2.75) is 46.3 Å². The fraction of sp³-hybridized carbons (Fsp3) is 0.350. The van der Waals surface area contributed by atoms with Crippen LogP contribution in [0, 0.1) is 6.92 Å². The first-order valence-electron chi connectivity index (χ1n) is 8.93. The van der Waals surface area contributed by atoms with Crippen LogP contribution in [0.4, 0.5) is 10.6 Å². The Morgan fingerprint density at radius 3 is 2.63 bits per heavy atom. The van der Waals surface area contributed by atoms with Crippen LogP contribution in [0.2, 0.25) is 0 Å². The molecule has 0 fully saturated rings. The lowest BCUT2D eigenvalue weighted by Gasteiger charge is -2.19. The average Bonchev–Trinajstić information content (AvgIpc) is 3.00. The number of carbonyl (C=O) groups excluding carboxylic acids is 1. The minimum atomic E-state index is -0.569. The fourth-order valence-electron chi connectivity index (χ4n) is 2.62. The predicted octanol–water partition coefficient (Wildman–Crippen LogP) is 3.83. The third-order valence-electron chi connectivity index (χ3n) is 3.92. The average molecular weight is 367 g/mol. The molecule has 142 valence electrons. The number of hydrogen-bond donors (Lipinski definition) is 2. The molecule has 0 bridgehead atoms. The van der Waals surface area contributed by atoms with Crippen molar-refractivity contribution in [1.29, 1.82) is 0 Å². The summed E-state index contributed by atoms with van der Waals surface area (Å²) in [5, 5.41) is 0. The van der Waals surface area contributed by atoms with Gasteiger partial charge >= 0.3 is 6.09 Å². The number of aromatic nitrogens is 3. The molecule has 0 aliphatic carbocycles. The Morgan fingerprint density at radius 1 is 1.19 bits per heavy atom. The quantitative estimate of drug-likeness (QED) is 0.670. The molecule has 0 saturated carbocycles. The molecule has 3 aromatic rings. The minimum Gasteiger partial charge on any atom is -0.443 e. The van der Waals surface area contributed by atoms with Crippen LogP contribution in [0.15, 0.2) is 42.7 Å². The largest absolute Gasteiger partial charge is 0.443 e. The van der Waals surface area contributed by atoms with Gasteiger partial charge in [-0.3, -0.25) is 5.43 Å². The van der Waals surface area contributed by atoms with Crippen LogP contribution in [0.1, 0.15) is 31.9 Å². The van der Waals surface area contributed by atoms with Crippen molar-refractivity contribution in [2.24, 2.45) is 0 Å². The maximum absolute atomic E-state index is 11.7. The van der Waals surface area contributed by atoms with Gasteiger partial charge in [0.2, 0.25) is 0 Å². The number of carbonyl (C=O) groups is 1. The summed E-state index contributed by atoms with van der Waals surface area (Å²) in [6.07, 6.45) is 3.91. The summed E-state index contributed by atoms with van der Waals surface area (Å²) in [6.45, 7) is 8.32. The van der Waals surface area contributed by atoms with Gasteiger partial charge in [0.1, 0.15) is 11.1 Å². The normalized spacial score (nSPS) is 11.4. The lowest BCUT2D eigenvalue weighted by Crippen LogP contribution is -2.36. The molecule has 0 unspecified atom stereocenters. The second-order valence-corrected chi connectivity index (χ2v) is 7.46. The third kappa shape index (κ3) is 5.20. The van der Waals surface area contributed by atoms with Crippen LogP contribution < -0.4 is 10.9 Å². The van der Waals surface area contributed by atoms with Gasteiger partial charge in [-0.1, -0.05) is 29.8 Å². The van der Waals surface area contributed by atoms with Gasteiger partial charge in [0.15, 0.2) is 11.5 Å². The molecule has 0 spiro atoms. The molecule has 3 rings (SSSR count). The van der Waals surface area contributed by atoms with Crippen LogP contribution in [-0.2, 0) is 17.7 Å². The van der Waals surface area contributed by atoms with Crippen molar-refractivity contribution in [2.75, 3.05) is 5.43 Å². The van der Waals surface area contributed by atoms with Crippen molar-refractivity contribution >= 4 is 23.1 Å². The molecule has 2 heterocycles. The molecular formula is C20H25N5O2. The molecule has 1 amide bonds. The van der Waals surface area contributed by atoms with E-state index < -0.39 is 11.7 Å². The molecule has 0 atom stereocenters. The predicted molar refractivity (Wildman–Crippen MR) is 105 cm³/mol. The van der Waals surface area contributed by atoms with E-state index in [1.807, 2.05) is 12.3 Å². The van der Waals surface area contributed by atoms with Crippen molar-refractivity contribution < 1.29 is 9.53 Å². The Hall–Kier alpha value is -3.09. The Bertz CT molecular complexity index is 926. The maximum atomic E-state index is 11.7. The van der Waals surface area contributed by atoms with Gasteiger partial charge in [-0.05, 0) is 45.7 Å². The molecule has 1 aromatic carbocycles. The van der Waals surface area contributed by atoms with Gasteiger partial charge < -0.3 is 9.30 Å². The van der Waals surface area contributed by atoms with Crippen LogP contribution >= 0.6 is 0 Å². The number of amides is 1. The number of hydrogen-bond acceptors (Lipinski definition) is 5. The number of nitrogens with zero attached hydrogens (tertiary/aromatic N) is 3. The molecule has 7 nitrogen and oxygen atoms in total. The summed E-state index contributed by atoms with van der Waals surface area (Å²) in [5.74, 6) is 0.449. The highest BCUT2D eigenvalue weighted by Crippen LogP contribution is 2.15. The molecule has 2 N–H and O–H groups in total. The zero-order chi connectivity index (χ0) is 19.4. The number of ether oxygens (including phenoxy) is 1. The van der Waals surface area contributed by atoms with E-state index >= 15 is 0 Å². The standard InChI is InChI=1S/C20H25N5O2/c1-14-5-7-15(8-6-14)9-11-25-12-10-16-18(25)21-13-17(22-16)23-24-19(26)27-20(2,3)4/h5-8,10,12-13H,9,11H2,1-4H3,(H,22,23)(H,24,26). The van der Waals surface area contributed by atoms with Crippen molar-refractivity contribution in [3.8, 4) is 0 Å². The van der Waals surface area contributed by atoms with E-state index in [9.17, 15) is 4.79 Å². The lowest BCUT2D eigenvalue weighted by molar-refractivity contribution is 0.0541. The lowest BCUT2D eigenvalue weighted by atomic mass is 10.1. The van der Waals surface area contributed by atoms with E-state index in [-0.39, 0.29) is 0 Å². The SMILES string of the molecule is Cc1ccc(CCn2ccc3nc(NNC(=O)OC(C)(C)C)cnc32)cc1. The molecule has 0 aliphatic heterocycles. The molecular weight excluding hydrogens is 342 g/mol. The first-order chi connectivity index (χ1) is 12.8. The summed E-state index contributed by atoms with van der Waals surface area (Å²) >= 11 is 0. The number of anilines is 1. The van der Waals surface area contributed by atoms with E-state index in [2.05, 4.69) is 56.6 Å². The highest BCUT2D eigenvalue weighted by Gasteiger charge is 2.16. The second-order valence-electron chi connectivity index (χ2n) is 7.46. The summed E-state index contributed by atoms with van der Waals surface area (Å²) in [4.78, 5) is 20.6. The Kier molecular flexibility index (Phi) is 5.30. The number of rotatable bonds is 5. The first kappa shape index (κ1) is 18.7. The molecule has 0 radical (unpaired) electrons. The number of aryl methyl sites for hydroxylation is 3. The van der Waals surface area contributed by atoms with Crippen LogP contribution in [-0.4, -0.2) is 26.2 Å². The molecule has 0 aliphatic rings. The smallest absolute Gasteiger partial charge is 0.426 e. The second kappa shape index (κ2) is 7.65. The van der Waals surface area contributed by atoms with E-state index in [1.54, 1.807) is 27.0 Å². The molecule has 27 heavy (non-hydrogen) atoms. The minimum absolute atomic E-state index is 0.449. The van der Waals surface area contributed by atoms with Gasteiger partial charge in [0.25, 0.3) is 0 Å². The first-order valence-corrected chi connectivity index (χ1v) is 8.93. The van der Waals surface area contributed by atoms with E-state index in [0.717, 1.165) is 24.1 Å². The Labute approximate surface area is 158 Å². The topological polar surface area (TPSA) is 81.1 Å². The summed E-state index contributed by atoms with van der Waals surface area (Å²) in [5.41, 5.74) is 8.74. The zero-order valence-electron chi connectivity index (χ0n) is 16.1. The summed E-state index contributed by atoms with van der Waals surface area (Å²) in [6, 6.07) is 10.5. The van der Waals surface area contributed by atoms with Crippen LogP contribution in [0.25, 0.3) is 11.2 Å². The number of benzene rings is 1. The molecule has 7 heteroatoms. The Morgan fingerprint density at radius 2 is 1.93 bits per heavy atom. The highest BCUT2D eigenvalue weighted by atomic mass is 16.6. The van der Waals surface area contributed by atoms with Gasteiger partial charge in [0, 0.05) is 12.7 Å². The van der Waals surface area contributed by atoms with Gasteiger partial charge in [-0.2, -0.15) is 0 Å². The van der Waals surface area contributed by atoms with E-state index in [1.165, 1.54) is 11.1 Å². The van der Waals surface area contributed by atoms with Crippen molar-refractivity contribution in [3.05, 3.63) is 53.9 Å². The zero-order valence-corrected chi connectivity index (χ0v) is 16.1. The van der Waals surface area contributed by atoms with Crippen LogP contribution in [0.3, 0.4) is 0 Å². The fourth-order valence-corrected chi connectivity index (χ4v) is 2.62. The van der Waals surface area contributed by atoms with Crippen molar-refractivity contribution in [3.63, 3.8) is 0 Å². The number of fused-ring (bicyclic) bond motifs is 1. The summed E-state index contributed by atoms with van der Waals surface area (Å²) in [7, 11) is 0. The molecule has 0 saturated heterocycles. The van der Waals surface area contributed by atoms with E-state index in [0.29, 0.717) is 5.82 Å². The van der Waals surface area contributed by atoms with Gasteiger partial charge in [-0.15, -0.1) is 0 Å². The highest BCUT2D eigenvalue weighted by molar-refractivity contribution is 5.74. The summed E-state index contributed by atoms with van der Waals surface area (Å²) < 4.78 is 7.24. The van der Waals surface area contributed by atoms with Gasteiger partial charge in [0.05, 0.1) is 6.20 Å².